The van der Waals surface area contributed by atoms with Crippen molar-refractivity contribution in [2.45, 2.75) is 0 Å². The van der Waals surface area contributed by atoms with E-state index in [1.807, 2.05) is 24.3 Å². The molecule has 0 aromatic heterocycles. The highest BCUT2D eigenvalue weighted by molar-refractivity contribution is 6.26. The maximum Gasteiger partial charge on any atom is 0.124 e. The zero-order valence-electron chi connectivity index (χ0n) is 20.3. The van der Waals surface area contributed by atoms with E-state index in [1.54, 1.807) is 12.1 Å². The summed E-state index contributed by atoms with van der Waals surface area (Å²) >= 11 is 0. The fourth-order valence-electron chi connectivity index (χ4n) is 6.31. The van der Waals surface area contributed by atoms with Crippen molar-refractivity contribution in [3.63, 3.8) is 0 Å². The molecule has 0 radical (unpaired) electrons. The van der Waals surface area contributed by atoms with Gasteiger partial charge in [-0.3, -0.25) is 0 Å². The second-order valence-electron chi connectivity index (χ2n) is 10.0. The highest BCUT2D eigenvalue weighted by atomic mass is 19.1. The summed E-state index contributed by atoms with van der Waals surface area (Å²) in [5.41, 5.74) is 4.42. The molecule has 0 nitrogen and oxygen atoms in total. The minimum atomic E-state index is -0.240. The molecule has 0 aliphatic heterocycles. The Bertz CT molecular complexity index is 2070. The smallest absolute Gasteiger partial charge is 0.124 e. The fourth-order valence-corrected chi connectivity index (χ4v) is 6.31. The van der Waals surface area contributed by atoms with Gasteiger partial charge < -0.3 is 0 Å². The Balaban J connectivity index is 1.50. The Kier molecular flexibility index (Phi) is 4.39. The second-order valence-corrected chi connectivity index (χ2v) is 10.0. The van der Waals surface area contributed by atoms with Gasteiger partial charge >= 0.3 is 0 Å². The van der Waals surface area contributed by atoms with Gasteiger partial charge in [0.2, 0.25) is 0 Å². The lowest BCUT2D eigenvalue weighted by atomic mass is 9.84. The number of halogens is 2. The van der Waals surface area contributed by atoms with Crippen LogP contribution in [0.25, 0.3) is 76.1 Å². The highest BCUT2D eigenvalue weighted by Crippen LogP contribution is 2.45. The van der Waals surface area contributed by atoms with Crippen molar-refractivity contribution in [3.05, 3.63) is 133 Å². The van der Waals surface area contributed by atoms with Gasteiger partial charge in [0.05, 0.1) is 0 Å². The molecule has 2 heteroatoms. The molecular formula is C36H20F2. The topological polar surface area (TPSA) is 0 Å². The zero-order valence-corrected chi connectivity index (χ0v) is 20.3. The van der Waals surface area contributed by atoms with Crippen LogP contribution < -0.4 is 0 Å². The molecule has 0 aliphatic carbocycles. The number of hydrogen-bond donors (Lipinski definition) is 0. The molecule has 0 atom stereocenters. The van der Waals surface area contributed by atoms with Gasteiger partial charge in [0, 0.05) is 0 Å². The first kappa shape index (κ1) is 21.3. The van der Waals surface area contributed by atoms with E-state index < -0.39 is 0 Å². The van der Waals surface area contributed by atoms with Gasteiger partial charge in [-0.2, -0.15) is 0 Å². The zero-order chi connectivity index (χ0) is 25.4. The van der Waals surface area contributed by atoms with Crippen LogP contribution in [0.2, 0.25) is 0 Å². The molecule has 0 bridgehead atoms. The molecule has 0 fully saturated rings. The summed E-state index contributed by atoms with van der Waals surface area (Å²) in [6, 6.07) is 39.7. The van der Waals surface area contributed by atoms with Crippen molar-refractivity contribution in [1.82, 2.24) is 0 Å². The summed E-state index contributed by atoms with van der Waals surface area (Å²) in [4.78, 5) is 0. The van der Waals surface area contributed by atoms with E-state index in [1.165, 1.54) is 23.1 Å². The maximum atomic E-state index is 14.2. The molecule has 8 aromatic rings. The molecule has 0 aliphatic rings. The van der Waals surface area contributed by atoms with Crippen LogP contribution in [0.1, 0.15) is 0 Å². The summed E-state index contributed by atoms with van der Waals surface area (Å²) in [6.07, 6.45) is 0. The Morgan fingerprint density at radius 3 is 1.18 bits per heavy atom. The highest BCUT2D eigenvalue weighted by Gasteiger charge is 2.18. The molecule has 8 aromatic carbocycles. The molecule has 8 rings (SSSR count). The molecule has 0 N–H and O–H groups in total. The van der Waals surface area contributed by atoms with Gasteiger partial charge in [-0.25, -0.2) is 8.78 Å². The third kappa shape index (κ3) is 3.01. The fraction of sp³-hybridized carbons (Fsp3) is 0. The predicted molar refractivity (Wildman–Crippen MR) is 156 cm³/mol. The van der Waals surface area contributed by atoms with Gasteiger partial charge in [-0.15, -0.1) is 0 Å². The van der Waals surface area contributed by atoms with Crippen molar-refractivity contribution in [3.8, 4) is 22.3 Å². The van der Waals surface area contributed by atoms with Crippen LogP contribution in [0.4, 0.5) is 8.78 Å². The molecular weight excluding hydrogens is 470 g/mol. The Morgan fingerprint density at radius 1 is 0.342 bits per heavy atom. The van der Waals surface area contributed by atoms with Crippen molar-refractivity contribution in [1.29, 1.82) is 0 Å². The molecule has 38 heavy (non-hydrogen) atoms. The SMILES string of the molecule is Fc1ccc(-c2c3ccccc3c(-c3cc4ccc5cc(F)cc6ccc(c3)c4c56)c3ccccc23)cc1. The largest absolute Gasteiger partial charge is 0.207 e. The van der Waals surface area contributed by atoms with Crippen LogP contribution in [0.5, 0.6) is 0 Å². The Labute approximate surface area is 217 Å². The number of benzene rings is 8. The monoisotopic (exact) mass is 490 g/mol. The van der Waals surface area contributed by atoms with Crippen molar-refractivity contribution < 1.29 is 8.78 Å². The summed E-state index contributed by atoms with van der Waals surface area (Å²) in [7, 11) is 0. The first-order chi connectivity index (χ1) is 18.7. The lowest BCUT2D eigenvalue weighted by molar-refractivity contribution is 0.628. The number of rotatable bonds is 2. The van der Waals surface area contributed by atoms with Crippen molar-refractivity contribution in [2.75, 3.05) is 0 Å². The van der Waals surface area contributed by atoms with Crippen LogP contribution in [-0.2, 0) is 0 Å². The van der Waals surface area contributed by atoms with E-state index in [9.17, 15) is 8.78 Å². The Hall–Kier alpha value is -4.82. The first-order valence-corrected chi connectivity index (χ1v) is 12.7. The normalized spacial score (nSPS) is 11.9. The molecule has 178 valence electrons. The van der Waals surface area contributed by atoms with Crippen molar-refractivity contribution >= 4 is 53.9 Å². The molecule has 0 saturated heterocycles. The van der Waals surface area contributed by atoms with Crippen LogP contribution >= 0.6 is 0 Å². The van der Waals surface area contributed by atoms with E-state index in [-0.39, 0.29) is 11.6 Å². The average molecular weight is 491 g/mol. The summed E-state index contributed by atoms with van der Waals surface area (Å²) in [5.74, 6) is -0.452. The van der Waals surface area contributed by atoms with Crippen molar-refractivity contribution in [2.24, 2.45) is 0 Å². The lowest BCUT2D eigenvalue weighted by Gasteiger charge is -2.19. The molecule has 0 amide bonds. The van der Waals surface area contributed by atoms with Crippen LogP contribution in [0.3, 0.4) is 0 Å². The van der Waals surface area contributed by atoms with Gasteiger partial charge in [-0.1, -0.05) is 84.9 Å². The van der Waals surface area contributed by atoms with E-state index in [2.05, 4.69) is 72.8 Å². The van der Waals surface area contributed by atoms with E-state index in [4.69, 9.17) is 0 Å². The summed E-state index contributed by atoms with van der Waals surface area (Å²) in [6.45, 7) is 0. The lowest BCUT2D eigenvalue weighted by Crippen LogP contribution is -1.92. The van der Waals surface area contributed by atoms with Gasteiger partial charge in [0.15, 0.2) is 0 Å². The van der Waals surface area contributed by atoms with E-state index >= 15 is 0 Å². The van der Waals surface area contributed by atoms with Gasteiger partial charge in [0.25, 0.3) is 0 Å². The quantitative estimate of drug-likeness (QED) is 0.167. The predicted octanol–water partition coefficient (Wildman–Crippen LogP) is 10.5. The van der Waals surface area contributed by atoms with E-state index in [0.717, 1.165) is 65.2 Å². The maximum absolute atomic E-state index is 14.2. The number of hydrogen-bond acceptors (Lipinski definition) is 0. The minimum Gasteiger partial charge on any atom is -0.207 e. The number of fused-ring (bicyclic) bond motifs is 2. The van der Waals surface area contributed by atoms with Crippen LogP contribution in [0.15, 0.2) is 121 Å². The molecule has 0 spiro atoms. The third-order valence-corrected chi connectivity index (χ3v) is 7.85. The third-order valence-electron chi connectivity index (χ3n) is 7.85. The minimum absolute atomic E-state index is 0.212. The van der Waals surface area contributed by atoms with Crippen LogP contribution in [0, 0.1) is 11.6 Å². The average Bonchev–Trinajstić information content (AvgIpc) is 2.94. The summed E-state index contributed by atoms with van der Waals surface area (Å²) < 4.78 is 28.0. The molecule has 0 unspecified atom stereocenters. The molecule has 0 saturated carbocycles. The first-order valence-electron chi connectivity index (χ1n) is 12.7. The van der Waals surface area contributed by atoms with Gasteiger partial charge in [-0.05, 0) is 113 Å². The molecule has 0 heterocycles. The Morgan fingerprint density at radius 2 is 0.737 bits per heavy atom. The van der Waals surface area contributed by atoms with Crippen LogP contribution in [-0.4, -0.2) is 0 Å². The second kappa shape index (κ2) is 7.84. The van der Waals surface area contributed by atoms with Gasteiger partial charge in [0.1, 0.15) is 11.6 Å². The summed E-state index contributed by atoms with van der Waals surface area (Å²) in [5, 5.41) is 11.0. The van der Waals surface area contributed by atoms with E-state index in [0.29, 0.717) is 0 Å². The standard InChI is InChI=1S/C36H20F2/c37-27-15-13-21(14-16-27)35-29-5-1-3-7-31(29)36(32-8-4-2-6-30(32)35)26-17-22-9-11-24-19-28(38)20-25-12-10-23(18-26)33(22)34(24)25/h1-20H.